The quantitative estimate of drug-likeness (QED) is 0.458. The van der Waals surface area contributed by atoms with Crippen LogP contribution in [0.15, 0.2) is 79.1 Å². The van der Waals surface area contributed by atoms with Crippen LogP contribution in [0, 0.1) is 6.92 Å². The van der Waals surface area contributed by atoms with Crippen LogP contribution in [0.3, 0.4) is 0 Å². The molecule has 4 aromatic rings. The van der Waals surface area contributed by atoms with Gasteiger partial charge in [0.25, 0.3) is 11.8 Å². The van der Waals surface area contributed by atoms with Crippen LogP contribution in [0.2, 0.25) is 0 Å². The smallest absolute Gasteiger partial charge is 0.281 e. The summed E-state index contributed by atoms with van der Waals surface area (Å²) in [6.07, 6.45) is 3.26. The molecule has 0 atom stereocenters. The Labute approximate surface area is 182 Å². The molecule has 2 N–H and O–H groups in total. The number of benzene rings is 2. The van der Waals surface area contributed by atoms with Gasteiger partial charge in [0.15, 0.2) is 0 Å². The SMILES string of the molecule is Cc1nc(-c2ccccc2)sc1C(=O)NNC(=O)c1ccc(Oc2cccnc2)cc1. The summed E-state index contributed by atoms with van der Waals surface area (Å²) in [5.74, 6) is 0.317. The lowest BCUT2D eigenvalue weighted by Crippen LogP contribution is -2.41. The minimum atomic E-state index is -0.438. The van der Waals surface area contributed by atoms with E-state index in [1.165, 1.54) is 11.3 Å². The lowest BCUT2D eigenvalue weighted by Gasteiger charge is -2.08. The number of nitrogens with one attached hydrogen (secondary N) is 2. The molecule has 0 aliphatic carbocycles. The predicted octanol–water partition coefficient (Wildman–Crippen LogP) is 4.38. The first-order valence-corrected chi connectivity index (χ1v) is 10.2. The Morgan fingerprint density at radius 1 is 0.871 bits per heavy atom. The van der Waals surface area contributed by atoms with Gasteiger partial charge in [-0.05, 0) is 43.3 Å². The Bertz CT molecular complexity index is 1190. The number of carbonyl (C=O) groups excluding carboxylic acids is 2. The lowest BCUT2D eigenvalue weighted by atomic mass is 10.2. The van der Waals surface area contributed by atoms with Crippen molar-refractivity contribution >= 4 is 23.2 Å². The van der Waals surface area contributed by atoms with Crippen molar-refractivity contribution < 1.29 is 14.3 Å². The number of thiazole rings is 1. The molecule has 7 nitrogen and oxygen atoms in total. The van der Waals surface area contributed by atoms with E-state index in [2.05, 4.69) is 20.8 Å². The largest absolute Gasteiger partial charge is 0.456 e. The van der Waals surface area contributed by atoms with Crippen molar-refractivity contribution in [3.05, 3.63) is 95.3 Å². The summed E-state index contributed by atoms with van der Waals surface area (Å²) in [6, 6.07) is 19.7. The molecule has 2 heterocycles. The Morgan fingerprint density at radius 3 is 2.32 bits per heavy atom. The van der Waals surface area contributed by atoms with E-state index in [4.69, 9.17) is 4.74 Å². The number of nitrogens with zero attached hydrogens (tertiary/aromatic N) is 2. The third kappa shape index (κ3) is 4.93. The van der Waals surface area contributed by atoms with Crippen LogP contribution in [-0.2, 0) is 0 Å². The van der Waals surface area contributed by atoms with Crippen LogP contribution in [0.4, 0.5) is 0 Å². The molecule has 0 unspecified atom stereocenters. The molecule has 0 saturated heterocycles. The number of pyridine rings is 1. The van der Waals surface area contributed by atoms with Gasteiger partial charge < -0.3 is 4.74 Å². The van der Waals surface area contributed by atoms with Gasteiger partial charge in [0.2, 0.25) is 0 Å². The summed E-state index contributed by atoms with van der Waals surface area (Å²) >= 11 is 1.27. The normalized spacial score (nSPS) is 10.4. The fourth-order valence-corrected chi connectivity index (χ4v) is 3.74. The second kappa shape index (κ2) is 9.19. The molecule has 31 heavy (non-hydrogen) atoms. The van der Waals surface area contributed by atoms with Gasteiger partial charge in [0.1, 0.15) is 21.4 Å². The van der Waals surface area contributed by atoms with E-state index < -0.39 is 11.8 Å². The van der Waals surface area contributed by atoms with Gasteiger partial charge in [-0.3, -0.25) is 25.4 Å². The van der Waals surface area contributed by atoms with E-state index in [0.29, 0.717) is 27.6 Å². The van der Waals surface area contributed by atoms with Crippen molar-refractivity contribution in [3.63, 3.8) is 0 Å². The number of rotatable bonds is 5. The second-order valence-electron chi connectivity index (χ2n) is 6.52. The Kier molecular flexibility index (Phi) is 6.00. The van der Waals surface area contributed by atoms with Crippen molar-refractivity contribution in [3.8, 4) is 22.1 Å². The van der Waals surface area contributed by atoms with Gasteiger partial charge in [0.05, 0.1) is 11.9 Å². The number of hydrazine groups is 1. The standard InChI is InChI=1S/C23H18N4O3S/c1-15-20(31-23(25-15)17-6-3-2-4-7-17)22(29)27-26-21(28)16-9-11-18(12-10-16)30-19-8-5-13-24-14-19/h2-14H,1H3,(H,26,28)(H,27,29). The van der Waals surface area contributed by atoms with E-state index in [1.54, 1.807) is 55.7 Å². The molecular formula is C23H18N4O3S. The molecule has 0 radical (unpaired) electrons. The molecule has 0 bridgehead atoms. The zero-order valence-corrected chi connectivity index (χ0v) is 17.3. The van der Waals surface area contributed by atoms with Crippen LogP contribution in [-0.4, -0.2) is 21.8 Å². The predicted molar refractivity (Wildman–Crippen MR) is 118 cm³/mol. The monoisotopic (exact) mass is 430 g/mol. The number of aromatic nitrogens is 2. The maximum absolute atomic E-state index is 12.5. The highest BCUT2D eigenvalue weighted by Crippen LogP contribution is 2.27. The van der Waals surface area contributed by atoms with Crippen molar-refractivity contribution in [2.45, 2.75) is 6.92 Å². The summed E-state index contributed by atoms with van der Waals surface area (Å²) in [4.78, 5) is 33.8. The highest BCUT2D eigenvalue weighted by atomic mass is 32.1. The first-order valence-electron chi connectivity index (χ1n) is 9.41. The Morgan fingerprint density at radius 2 is 1.61 bits per heavy atom. The minimum Gasteiger partial charge on any atom is -0.456 e. The summed E-state index contributed by atoms with van der Waals surface area (Å²) in [5, 5.41) is 0.749. The van der Waals surface area contributed by atoms with Gasteiger partial charge in [-0.2, -0.15) is 0 Å². The number of hydrogen-bond donors (Lipinski definition) is 2. The molecule has 4 rings (SSSR count). The van der Waals surface area contributed by atoms with Crippen molar-refractivity contribution in [1.29, 1.82) is 0 Å². The fourth-order valence-electron chi connectivity index (χ4n) is 2.77. The topological polar surface area (TPSA) is 93.2 Å². The molecule has 0 saturated carbocycles. The molecule has 2 aromatic heterocycles. The maximum Gasteiger partial charge on any atom is 0.281 e. The van der Waals surface area contributed by atoms with Crippen LogP contribution < -0.4 is 15.6 Å². The summed E-state index contributed by atoms with van der Waals surface area (Å²) in [7, 11) is 0. The average molecular weight is 430 g/mol. The second-order valence-corrected chi connectivity index (χ2v) is 7.52. The number of hydrogen-bond acceptors (Lipinski definition) is 6. The van der Waals surface area contributed by atoms with Crippen molar-refractivity contribution in [2.75, 3.05) is 0 Å². The molecule has 2 amide bonds. The molecule has 154 valence electrons. The third-order valence-electron chi connectivity index (χ3n) is 4.30. The van der Waals surface area contributed by atoms with Crippen LogP contribution >= 0.6 is 11.3 Å². The van der Waals surface area contributed by atoms with Crippen LogP contribution in [0.5, 0.6) is 11.5 Å². The number of ether oxygens (including phenoxy) is 1. The first-order chi connectivity index (χ1) is 15.1. The lowest BCUT2D eigenvalue weighted by molar-refractivity contribution is 0.0848. The Balaban J connectivity index is 1.36. The van der Waals surface area contributed by atoms with Crippen molar-refractivity contribution in [1.82, 2.24) is 20.8 Å². The molecule has 0 aliphatic rings. The van der Waals surface area contributed by atoms with E-state index in [9.17, 15) is 9.59 Å². The zero-order valence-electron chi connectivity index (χ0n) is 16.5. The minimum absolute atomic E-state index is 0.379. The van der Waals surface area contributed by atoms with Gasteiger partial charge in [-0.25, -0.2) is 4.98 Å². The van der Waals surface area contributed by atoms with Crippen LogP contribution in [0.1, 0.15) is 25.7 Å². The number of aryl methyl sites for hydroxylation is 1. The van der Waals surface area contributed by atoms with E-state index in [1.807, 2.05) is 30.3 Å². The van der Waals surface area contributed by atoms with E-state index in [-0.39, 0.29) is 0 Å². The van der Waals surface area contributed by atoms with E-state index >= 15 is 0 Å². The van der Waals surface area contributed by atoms with Crippen molar-refractivity contribution in [2.24, 2.45) is 0 Å². The molecule has 2 aromatic carbocycles. The molecule has 8 heteroatoms. The highest BCUT2D eigenvalue weighted by molar-refractivity contribution is 7.17. The summed E-state index contributed by atoms with van der Waals surface area (Å²) in [6.45, 7) is 1.76. The van der Waals surface area contributed by atoms with Gasteiger partial charge in [-0.15, -0.1) is 11.3 Å². The van der Waals surface area contributed by atoms with Gasteiger partial charge >= 0.3 is 0 Å². The number of carbonyl (C=O) groups is 2. The summed E-state index contributed by atoms with van der Waals surface area (Å²) < 4.78 is 5.65. The molecule has 0 spiro atoms. The first kappa shape index (κ1) is 20.2. The highest BCUT2D eigenvalue weighted by Gasteiger charge is 2.17. The third-order valence-corrected chi connectivity index (χ3v) is 5.51. The van der Waals surface area contributed by atoms with Gasteiger partial charge in [-0.1, -0.05) is 30.3 Å². The summed E-state index contributed by atoms with van der Waals surface area (Å²) in [5.41, 5.74) is 6.80. The molecule has 0 aliphatic heterocycles. The molecular weight excluding hydrogens is 412 g/mol. The van der Waals surface area contributed by atoms with E-state index in [0.717, 1.165) is 10.6 Å². The van der Waals surface area contributed by atoms with Crippen LogP contribution in [0.25, 0.3) is 10.6 Å². The van der Waals surface area contributed by atoms with Gasteiger partial charge in [0, 0.05) is 17.3 Å². The fraction of sp³-hybridized carbons (Fsp3) is 0.0435. The molecule has 0 fully saturated rings. The zero-order chi connectivity index (χ0) is 21.6. The Hall–Kier alpha value is -4.04. The number of amides is 2. The average Bonchev–Trinajstić information content (AvgIpc) is 3.21. The maximum atomic E-state index is 12.5.